The minimum absolute atomic E-state index is 0.0261. The highest BCUT2D eigenvalue weighted by atomic mass is 79.9. The summed E-state index contributed by atoms with van der Waals surface area (Å²) in [5.74, 6) is 0.467. The molecule has 2 N–H and O–H groups in total. The molecular formula is C16H14Br2N2O4. The third kappa shape index (κ3) is 4.72. The quantitative estimate of drug-likeness (QED) is 0.514. The highest BCUT2D eigenvalue weighted by Crippen LogP contribution is 2.41. The number of aromatic hydroxyl groups is 1. The Morgan fingerprint density at radius 3 is 2.67 bits per heavy atom. The molecule has 0 aliphatic rings. The van der Waals surface area contributed by atoms with Crippen LogP contribution < -0.4 is 14.9 Å². The van der Waals surface area contributed by atoms with Gasteiger partial charge in [0.1, 0.15) is 5.75 Å². The van der Waals surface area contributed by atoms with Crippen LogP contribution in [0, 0.1) is 0 Å². The van der Waals surface area contributed by atoms with Crippen LogP contribution in [0.3, 0.4) is 0 Å². The van der Waals surface area contributed by atoms with Crippen molar-refractivity contribution in [2.45, 2.75) is 0 Å². The Hall–Kier alpha value is -2.06. The van der Waals surface area contributed by atoms with Gasteiger partial charge in [-0.2, -0.15) is 5.10 Å². The van der Waals surface area contributed by atoms with Gasteiger partial charge in [-0.1, -0.05) is 18.2 Å². The second-order valence-corrected chi connectivity index (χ2v) is 6.13. The average molecular weight is 458 g/mol. The van der Waals surface area contributed by atoms with E-state index in [9.17, 15) is 9.90 Å². The van der Waals surface area contributed by atoms with Gasteiger partial charge >= 0.3 is 0 Å². The van der Waals surface area contributed by atoms with Crippen LogP contribution in [0.1, 0.15) is 5.56 Å². The molecule has 2 rings (SSSR count). The number of phenolic OH excluding ortho intramolecular Hbond substituents is 1. The van der Waals surface area contributed by atoms with Crippen molar-refractivity contribution in [3.8, 4) is 17.2 Å². The molecule has 0 heterocycles. The summed E-state index contributed by atoms with van der Waals surface area (Å²) in [5, 5.41) is 13.7. The van der Waals surface area contributed by atoms with E-state index >= 15 is 0 Å². The standard InChI is InChI=1S/C16H14Br2N2O4/c1-23-12-7-10(14(17)15(18)16(12)22)8-19-20-13(21)9-24-11-5-3-2-4-6-11/h2-8,22H,9H2,1H3,(H,20,21)/b19-8-. The van der Waals surface area contributed by atoms with Crippen LogP contribution in [0.15, 0.2) is 50.4 Å². The van der Waals surface area contributed by atoms with Crippen LogP contribution >= 0.6 is 31.9 Å². The molecule has 0 aromatic heterocycles. The van der Waals surface area contributed by atoms with E-state index in [0.717, 1.165) is 0 Å². The molecule has 6 nitrogen and oxygen atoms in total. The predicted molar refractivity (Wildman–Crippen MR) is 97.7 cm³/mol. The van der Waals surface area contributed by atoms with E-state index < -0.39 is 5.91 Å². The molecule has 0 aliphatic heterocycles. The first kappa shape index (κ1) is 18.3. The zero-order valence-electron chi connectivity index (χ0n) is 12.6. The summed E-state index contributed by atoms with van der Waals surface area (Å²) in [6.07, 6.45) is 1.43. The van der Waals surface area contributed by atoms with Gasteiger partial charge in [0.2, 0.25) is 0 Å². The van der Waals surface area contributed by atoms with E-state index in [-0.39, 0.29) is 18.1 Å². The number of amides is 1. The third-order valence-electron chi connectivity index (χ3n) is 2.90. The molecule has 0 radical (unpaired) electrons. The van der Waals surface area contributed by atoms with Gasteiger partial charge in [0.25, 0.3) is 5.91 Å². The van der Waals surface area contributed by atoms with E-state index in [1.165, 1.54) is 13.3 Å². The highest BCUT2D eigenvalue weighted by Gasteiger charge is 2.13. The molecular weight excluding hydrogens is 444 g/mol. The predicted octanol–water partition coefficient (Wildman–Crippen LogP) is 3.45. The second kappa shape index (κ2) is 8.70. The molecule has 0 bridgehead atoms. The van der Waals surface area contributed by atoms with E-state index in [1.54, 1.807) is 18.2 Å². The SMILES string of the molecule is COc1cc(/C=N\NC(=O)COc2ccccc2)c(Br)c(Br)c1O. The number of carbonyl (C=O) groups excluding carboxylic acids is 1. The monoisotopic (exact) mass is 456 g/mol. The second-order valence-electron chi connectivity index (χ2n) is 4.54. The Morgan fingerprint density at radius 2 is 2.00 bits per heavy atom. The number of ether oxygens (including phenoxy) is 2. The van der Waals surface area contributed by atoms with Crippen molar-refractivity contribution in [1.82, 2.24) is 5.43 Å². The van der Waals surface area contributed by atoms with E-state index in [4.69, 9.17) is 9.47 Å². The van der Waals surface area contributed by atoms with Gasteiger partial charge in [0, 0.05) is 10.0 Å². The first-order chi connectivity index (χ1) is 11.5. The van der Waals surface area contributed by atoms with Gasteiger partial charge in [0.05, 0.1) is 17.8 Å². The number of benzene rings is 2. The highest BCUT2D eigenvalue weighted by molar-refractivity contribution is 9.13. The molecule has 2 aromatic rings. The van der Waals surface area contributed by atoms with Gasteiger partial charge in [0.15, 0.2) is 18.1 Å². The van der Waals surface area contributed by atoms with Crippen molar-refractivity contribution >= 4 is 44.0 Å². The van der Waals surface area contributed by atoms with Gasteiger partial charge < -0.3 is 14.6 Å². The van der Waals surface area contributed by atoms with Crippen molar-refractivity contribution in [3.63, 3.8) is 0 Å². The number of hydrogen-bond donors (Lipinski definition) is 2. The lowest BCUT2D eigenvalue weighted by molar-refractivity contribution is -0.123. The van der Waals surface area contributed by atoms with Crippen molar-refractivity contribution in [2.75, 3.05) is 13.7 Å². The first-order valence-corrected chi connectivity index (χ1v) is 8.36. The Balaban J connectivity index is 1.96. The maximum atomic E-state index is 11.7. The summed E-state index contributed by atoms with van der Waals surface area (Å²) in [7, 11) is 1.44. The lowest BCUT2D eigenvalue weighted by atomic mass is 10.2. The lowest BCUT2D eigenvalue weighted by Crippen LogP contribution is -2.24. The normalized spacial score (nSPS) is 10.6. The minimum atomic E-state index is -0.393. The number of nitrogens with one attached hydrogen (secondary N) is 1. The molecule has 0 saturated heterocycles. The molecule has 0 saturated carbocycles. The fraction of sp³-hybridized carbons (Fsp3) is 0.125. The molecule has 24 heavy (non-hydrogen) atoms. The molecule has 0 spiro atoms. The number of para-hydroxylation sites is 1. The minimum Gasteiger partial charge on any atom is -0.503 e. The maximum Gasteiger partial charge on any atom is 0.277 e. The molecule has 0 aliphatic carbocycles. The molecule has 0 unspecified atom stereocenters. The van der Waals surface area contributed by atoms with Crippen LogP contribution in [-0.4, -0.2) is 30.9 Å². The van der Waals surface area contributed by atoms with Crippen molar-refractivity contribution in [1.29, 1.82) is 0 Å². The Bertz CT molecular complexity index is 751. The fourth-order valence-electron chi connectivity index (χ4n) is 1.73. The summed E-state index contributed by atoms with van der Waals surface area (Å²) < 4.78 is 11.4. The van der Waals surface area contributed by atoms with Crippen molar-refractivity contribution in [2.24, 2.45) is 5.10 Å². The van der Waals surface area contributed by atoms with E-state index in [2.05, 4.69) is 42.4 Å². The Kier molecular flexibility index (Phi) is 6.62. The number of methoxy groups -OCH3 is 1. The summed E-state index contributed by atoms with van der Waals surface area (Å²) in [6, 6.07) is 10.6. The number of phenols is 1. The number of rotatable bonds is 6. The molecule has 8 heteroatoms. The topological polar surface area (TPSA) is 80.2 Å². The number of hydrazone groups is 1. The zero-order valence-corrected chi connectivity index (χ0v) is 15.8. The molecule has 2 aromatic carbocycles. The van der Waals surface area contributed by atoms with Gasteiger partial charge in [-0.05, 0) is 50.1 Å². The van der Waals surface area contributed by atoms with E-state index in [1.807, 2.05) is 18.2 Å². The first-order valence-electron chi connectivity index (χ1n) is 6.77. The summed E-state index contributed by atoms with van der Waals surface area (Å²) in [5.41, 5.74) is 2.98. The number of halogens is 2. The average Bonchev–Trinajstić information content (AvgIpc) is 2.61. The zero-order chi connectivity index (χ0) is 17.5. The summed E-state index contributed by atoms with van der Waals surface area (Å²) >= 11 is 6.58. The van der Waals surface area contributed by atoms with Crippen LogP contribution in [-0.2, 0) is 4.79 Å². The Morgan fingerprint density at radius 1 is 1.29 bits per heavy atom. The number of carbonyl (C=O) groups is 1. The van der Waals surface area contributed by atoms with Crippen LogP contribution in [0.5, 0.6) is 17.2 Å². The van der Waals surface area contributed by atoms with Crippen molar-refractivity contribution < 1.29 is 19.4 Å². The van der Waals surface area contributed by atoms with Gasteiger partial charge in [-0.25, -0.2) is 5.43 Å². The van der Waals surface area contributed by atoms with Crippen molar-refractivity contribution in [3.05, 3.63) is 50.9 Å². The van der Waals surface area contributed by atoms with Crippen LogP contribution in [0.4, 0.5) is 0 Å². The fourth-order valence-corrected chi connectivity index (χ4v) is 2.56. The molecule has 0 fully saturated rings. The Labute approximate surface area is 155 Å². The smallest absolute Gasteiger partial charge is 0.277 e. The molecule has 0 atom stereocenters. The van der Waals surface area contributed by atoms with E-state index in [0.29, 0.717) is 20.3 Å². The largest absolute Gasteiger partial charge is 0.503 e. The van der Waals surface area contributed by atoms with Gasteiger partial charge in [-0.3, -0.25) is 4.79 Å². The molecule has 126 valence electrons. The van der Waals surface area contributed by atoms with Gasteiger partial charge in [-0.15, -0.1) is 0 Å². The molecule has 1 amide bonds. The maximum absolute atomic E-state index is 11.7. The lowest BCUT2D eigenvalue weighted by Gasteiger charge is -2.09. The summed E-state index contributed by atoms with van der Waals surface area (Å²) in [4.78, 5) is 11.7. The third-order valence-corrected chi connectivity index (χ3v) is 5.06. The summed E-state index contributed by atoms with van der Waals surface area (Å²) in [6.45, 7) is -0.148. The van der Waals surface area contributed by atoms with Crippen LogP contribution in [0.2, 0.25) is 0 Å². The number of hydrogen-bond acceptors (Lipinski definition) is 5. The number of nitrogens with zero attached hydrogens (tertiary/aromatic N) is 1. The van der Waals surface area contributed by atoms with Crippen LogP contribution in [0.25, 0.3) is 0 Å².